The number of aryl methyl sites for hydroxylation is 1. The molecule has 0 saturated heterocycles. The first-order valence-electron chi connectivity index (χ1n) is 6.05. The zero-order valence-electron chi connectivity index (χ0n) is 11.0. The maximum Gasteiger partial charge on any atom is 0.233 e. The average Bonchev–Trinajstić information content (AvgIpc) is 2.76. The molecule has 0 aliphatic carbocycles. The van der Waals surface area contributed by atoms with Crippen molar-refractivity contribution in [2.45, 2.75) is 20.3 Å². The standard InChI is InChI=1S/C13H16N4O2/c1-3-17(10-6-4-5-9(2)7-10)12(18)8-11-13(14)16-19-15-11/h4-7H,3,8H2,1-2H3,(H2,14,16). The van der Waals surface area contributed by atoms with Crippen LogP contribution < -0.4 is 10.6 Å². The Bertz CT molecular complexity index is 580. The van der Waals surface area contributed by atoms with Crippen LogP contribution in [-0.4, -0.2) is 22.8 Å². The fourth-order valence-electron chi connectivity index (χ4n) is 1.87. The summed E-state index contributed by atoms with van der Waals surface area (Å²) in [5.74, 6) is 0.0733. The van der Waals surface area contributed by atoms with Gasteiger partial charge in [-0.25, -0.2) is 4.63 Å². The van der Waals surface area contributed by atoms with E-state index < -0.39 is 0 Å². The van der Waals surface area contributed by atoms with Crippen molar-refractivity contribution >= 4 is 17.4 Å². The number of carbonyl (C=O) groups excluding carboxylic acids is 1. The van der Waals surface area contributed by atoms with Gasteiger partial charge in [0.1, 0.15) is 5.69 Å². The Morgan fingerprint density at radius 1 is 1.42 bits per heavy atom. The third kappa shape index (κ3) is 2.90. The lowest BCUT2D eigenvalue weighted by Crippen LogP contribution is -2.32. The topological polar surface area (TPSA) is 85.2 Å². The molecule has 2 aromatic rings. The Labute approximate surface area is 111 Å². The molecule has 6 heteroatoms. The molecule has 6 nitrogen and oxygen atoms in total. The van der Waals surface area contributed by atoms with Crippen LogP contribution in [0.2, 0.25) is 0 Å². The van der Waals surface area contributed by atoms with Gasteiger partial charge in [0.05, 0.1) is 6.42 Å². The SMILES string of the molecule is CCN(C(=O)Cc1nonc1N)c1cccc(C)c1. The number of anilines is 2. The molecule has 2 rings (SSSR count). The van der Waals surface area contributed by atoms with Gasteiger partial charge in [-0.2, -0.15) is 0 Å². The summed E-state index contributed by atoms with van der Waals surface area (Å²) in [6.45, 7) is 4.49. The summed E-state index contributed by atoms with van der Waals surface area (Å²) >= 11 is 0. The number of hydrogen-bond acceptors (Lipinski definition) is 5. The van der Waals surface area contributed by atoms with Crippen molar-refractivity contribution in [2.75, 3.05) is 17.2 Å². The minimum absolute atomic E-state index is 0.0805. The molecule has 0 atom stereocenters. The molecule has 0 unspecified atom stereocenters. The van der Waals surface area contributed by atoms with Gasteiger partial charge in [-0.15, -0.1) is 0 Å². The van der Waals surface area contributed by atoms with Crippen molar-refractivity contribution in [3.05, 3.63) is 35.5 Å². The quantitative estimate of drug-likeness (QED) is 0.901. The highest BCUT2D eigenvalue weighted by atomic mass is 16.6. The molecule has 0 aliphatic heterocycles. The molecular weight excluding hydrogens is 244 g/mol. The van der Waals surface area contributed by atoms with E-state index in [1.807, 2.05) is 38.1 Å². The molecule has 19 heavy (non-hydrogen) atoms. The monoisotopic (exact) mass is 260 g/mol. The lowest BCUT2D eigenvalue weighted by molar-refractivity contribution is -0.118. The van der Waals surface area contributed by atoms with Crippen molar-refractivity contribution in [1.82, 2.24) is 10.3 Å². The molecular formula is C13H16N4O2. The number of nitrogen functional groups attached to an aromatic ring is 1. The molecule has 2 N–H and O–H groups in total. The van der Waals surface area contributed by atoms with E-state index in [0.717, 1.165) is 11.3 Å². The number of rotatable bonds is 4. The maximum absolute atomic E-state index is 12.3. The summed E-state index contributed by atoms with van der Waals surface area (Å²) < 4.78 is 4.49. The van der Waals surface area contributed by atoms with Gasteiger partial charge in [0.25, 0.3) is 0 Å². The fourth-order valence-corrected chi connectivity index (χ4v) is 1.87. The molecule has 0 saturated carbocycles. The number of hydrogen-bond donors (Lipinski definition) is 1. The van der Waals surface area contributed by atoms with Crippen LogP contribution in [0.3, 0.4) is 0 Å². The number of nitrogens with zero attached hydrogens (tertiary/aromatic N) is 3. The van der Waals surface area contributed by atoms with Crippen LogP contribution in [-0.2, 0) is 11.2 Å². The van der Waals surface area contributed by atoms with E-state index in [2.05, 4.69) is 14.9 Å². The minimum atomic E-state index is -0.0875. The number of likely N-dealkylation sites (N-methyl/N-ethyl adjacent to an activating group) is 1. The molecule has 0 spiro atoms. The minimum Gasteiger partial charge on any atom is -0.379 e. The van der Waals surface area contributed by atoms with Gasteiger partial charge in [-0.1, -0.05) is 17.3 Å². The van der Waals surface area contributed by atoms with Gasteiger partial charge in [-0.05, 0) is 36.7 Å². The summed E-state index contributed by atoms with van der Waals surface area (Å²) in [4.78, 5) is 13.9. The lowest BCUT2D eigenvalue weighted by atomic mass is 10.2. The molecule has 0 radical (unpaired) electrons. The summed E-state index contributed by atoms with van der Waals surface area (Å²) in [5, 5.41) is 7.09. The molecule has 1 aromatic carbocycles. The van der Waals surface area contributed by atoms with Gasteiger partial charge in [0.2, 0.25) is 5.91 Å². The average molecular weight is 260 g/mol. The Hall–Kier alpha value is -2.37. The molecule has 0 fully saturated rings. The van der Waals surface area contributed by atoms with E-state index in [9.17, 15) is 4.79 Å². The molecule has 1 amide bonds. The molecule has 1 aromatic heterocycles. The first-order chi connectivity index (χ1) is 9.11. The van der Waals surface area contributed by atoms with Crippen molar-refractivity contribution in [2.24, 2.45) is 0 Å². The lowest BCUT2D eigenvalue weighted by Gasteiger charge is -2.21. The maximum atomic E-state index is 12.3. The van der Waals surface area contributed by atoms with Crippen LogP contribution in [0.5, 0.6) is 0 Å². The van der Waals surface area contributed by atoms with E-state index in [1.165, 1.54) is 0 Å². The number of carbonyl (C=O) groups is 1. The summed E-state index contributed by atoms with van der Waals surface area (Å²) in [6, 6.07) is 7.78. The second kappa shape index (κ2) is 5.51. The van der Waals surface area contributed by atoms with E-state index >= 15 is 0 Å². The van der Waals surface area contributed by atoms with E-state index in [1.54, 1.807) is 4.90 Å². The molecule has 0 bridgehead atoms. The van der Waals surface area contributed by atoms with Gasteiger partial charge in [0.15, 0.2) is 5.82 Å². The highest BCUT2D eigenvalue weighted by Gasteiger charge is 2.18. The van der Waals surface area contributed by atoms with Crippen LogP contribution in [0.4, 0.5) is 11.5 Å². The Balaban J connectivity index is 2.18. The predicted octanol–water partition coefficient (Wildman–Crippen LogP) is 1.56. The number of amides is 1. The first-order valence-corrected chi connectivity index (χ1v) is 6.05. The van der Waals surface area contributed by atoms with Gasteiger partial charge >= 0.3 is 0 Å². The second-order valence-corrected chi connectivity index (χ2v) is 4.25. The van der Waals surface area contributed by atoms with Crippen molar-refractivity contribution < 1.29 is 9.42 Å². The summed E-state index contributed by atoms with van der Waals surface area (Å²) in [5.41, 5.74) is 7.89. The highest BCUT2D eigenvalue weighted by molar-refractivity contribution is 5.94. The third-order valence-electron chi connectivity index (χ3n) is 2.84. The van der Waals surface area contributed by atoms with Gasteiger partial charge in [0, 0.05) is 12.2 Å². The second-order valence-electron chi connectivity index (χ2n) is 4.25. The number of benzene rings is 1. The van der Waals surface area contributed by atoms with Gasteiger partial charge in [-0.3, -0.25) is 4.79 Å². The number of aromatic nitrogens is 2. The van der Waals surface area contributed by atoms with Crippen molar-refractivity contribution in [3.8, 4) is 0 Å². The zero-order valence-corrected chi connectivity index (χ0v) is 11.0. The normalized spacial score (nSPS) is 10.4. The Kier molecular flexibility index (Phi) is 3.79. The van der Waals surface area contributed by atoms with Crippen molar-refractivity contribution in [3.63, 3.8) is 0 Å². The smallest absolute Gasteiger partial charge is 0.233 e. The molecule has 1 heterocycles. The van der Waals surface area contributed by atoms with Crippen LogP contribution >= 0.6 is 0 Å². The van der Waals surface area contributed by atoms with E-state index in [0.29, 0.717) is 12.2 Å². The Morgan fingerprint density at radius 3 is 2.79 bits per heavy atom. The van der Waals surface area contributed by atoms with Crippen LogP contribution in [0.25, 0.3) is 0 Å². The van der Waals surface area contributed by atoms with E-state index in [-0.39, 0.29) is 18.1 Å². The van der Waals surface area contributed by atoms with Crippen molar-refractivity contribution in [1.29, 1.82) is 0 Å². The van der Waals surface area contributed by atoms with Crippen LogP contribution in [0, 0.1) is 6.92 Å². The zero-order chi connectivity index (χ0) is 13.8. The summed E-state index contributed by atoms with van der Waals surface area (Å²) in [6.07, 6.45) is 0.0805. The fraction of sp³-hybridized carbons (Fsp3) is 0.308. The highest BCUT2D eigenvalue weighted by Crippen LogP contribution is 2.17. The largest absolute Gasteiger partial charge is 0.379 e. The van der Waals surface area contributed by atoms with E-state index in [4.69, 9.17) is 5.73 Å². The van der Waals surface area contributed by atoms with Crippen LogP contribution in [0.15, 0.2) is 28.9 Å². The first kappa shape index (κ1) is 13.1. The summed E-state index contributed by atoms with van der Waals surface area (Å²) in [7, 11) is 0. The Morgan fingerprint density at radius 2 is 2.21 bits per heavy atom. The van der Waals surface area contributed by atoms with Crippen LogP contribution in [0.1, 0.15) is 18.2 Å². The molecule has 100 valence electrons. The third-order valence-corrected chi connectivity index (χ3v) is 2.84. The van der Waals surface area contributed by atoms with Gasteiger partial charge < -0.3 is 10.6 Å². The number of nitrogens with two attached hydrogens (primary N) is 1. The predicted molar refractivity (Wildman–Crippen MR) is 71.6 cm³/mol. The molecule has 0 aliphatic rings.